The highest BCUT2D eigenvalue weighted by Gasteiger charge is 2.21. The summed E-state index contributed by atoms with van der Waals surface area (Å²) >= 11 is 0. The van der Waals surface area contributed by atoms with E-state index in [0.717, 1.165) is 31.2 Å². The van der Waals surface area contributed by atoms with Crippen LogP contribution in [0, 0.1) is 6.92 Å². The van der Waals surface area contributed by atoms with Gasteiger partial charge >= 0.3 is 0 Å². The monoisotopic (exact) mass is 272 g/mol. The molecule has 1 saturated heterocycles. The van der Waals surface area contributed by atoms with Gasteiger partial charge in [-0.05, 0) is 25.8 Å². The van der Waals surface area contributed by atoms with E-state index in [1.807, 2.05) is 30.9 Å². The van der Waals surface area contributed by atoms with Crippen LogP contribution < -0.4 is 10.2 Å². The lowest BCUT2D eigenvalue weighted by atomic mass is 10.1. The minimum Gasteiger partial charge on any atom is -0.367 e. The first-order chi connectivity index (χ1) is 9.70. The second-order valence-corrected chi connectivity index (χ2v) is 5.32. The lowest BCUT2D eigenvalue weighted by molar-refractivity contribution is 0.527. The highest BCUT2D eigenvalue weighted by Crippen LogP contribution is 2.20. The molecule has 6 heteroatoms. The fraction of sp³-hybridized carbons (Fsp3) is 0.500. The highest BCUT2D eigenvalue weighted by molar-refractivity contribution is 5.44. The molecule has 0 amide bonds. The molecule has 6 nitrogen and oxygen atoms in total. The van der Waals surface area contributed by atoms with Gasteiger partial charge in [-0.3, -0.25) is 4.68 Å². The zero-order valence-corrected chi connectivity index (χ0v) is 12.0. The molecule has 0 spiro atoms. The molecule has 3 rings (SSSR count). The van der Waals surface area contributed by atoms with Crippen molar-refractivity contribution in [2.75, 3.05) is 23.3 Å². The molecule has 2 aromatic heterocycles. The largest absolute Gasteiger partial charge is 0.367 e. The van der Waals surface area contributed by atoms with Crippen molar-refractivity contribution in [2.45, 2.75) is 25.8 Å². The first kappa shape index (κ1) is 12.9. The van der Waals surface area contributed by atoms with Gasteiger partial charge in [-0.2, -0.15) is 5.10 Å². The molecule has 0 aliphatic carbocycles. The molecule has 106 valence electrons. The minimum atomic E-state index is 0.380. The SMILES string of the molecule is Cc1ccnc(NC2CCCN(c3cnn(C)c3)C2)n1. The van der Waals surface area contributed by atoms with E-state index in [1.54, 1.807) is 6.20 Å². The average molecular weight is 272 g/mol. The number of anilines is 2. The van der Waals surface area contributed by atoms with Crippen LogP contribution in [0.4, 0.5) is 11.6 Å². The van der Waals surface area contributed by atoms with Crippen LogP contribution in [0.15, 0.2) is 24.7 Å². The minimum absolute atomic E-state index is 0.380. The summed E-state index contributed by atoms with van der Waals surface area (Å²) in [6, 6.07) is 2.29. The molecule has 1 fully saturated rings. The molecule has 0 radical (unpaired) electrons. The van der Waals surface area contributed by atoms with Crippen molar-refractivity contribution in [3.05, 3.63) is 30.4 Å². The van der Waals surface area contributed by atoms with Gasteiger partial charge in [0.2, 0.25) is 5.95 Å². The Morgan fingerprint density at radius 3 is 3.05 bits per heavy atom. The van der Waals surface area contributed by atoms with Gasteiger partial charge in [-0.1, -0.05) is 0 Å². The lowest BCUT2D eigenvalue weighted by Crippen LogP contribution is -2.42. The van der Waals surface area contributed by atoms with E-state index in [2.05, 4.69) is 31.5 Å². The number of aryl methyl sites for hydroxylation is 2. The predicted octanol–water partition coefficient (Wildman–Crippen LogP) is 1.60. The fourth-order valence-electron chi connectivity index (χ4n) is 2.60. The summed E-state index contributed by atoms with van der Waals surface area (Å²) in [4.78, 5) is 11.1. The Bertz CT molecular complexity index is 579. The average Bonchev–Trinajstić information content (AvgIpc) is 2.86. The van der Waals surface area contributed by atoms with Crippen molar-refractivity contribution in [2.24, 2.45) is 7.05 Å². The molecular formula is C14H20N6. The van der Waals surface area contributed by atoms with Crippen LogP contribution in [-0.4, -0.2) is 38.9 Å². The molecule has 20 heavy (non-hydrogen) atoms. The number of nitrogens with zero attached hydrogens (tertiary/aromatic N) is 5. The molecule has 0 aromatic carbocycles. The Balaban J connectivity index is 1.66. The molecule has 1 N–H and O–H groups in total. The fourth-order valence-corrected chi connectivity index (χ4v) is 2.60. The van der Waals surface area contributed by atoms with E-state index in [1.165, 1.54) is 12.1 Å². The van der Waals surface area contributed by atoms with Crippen molar-refractivity contribution in [3.63, 3.8) is 0 Å². The summed E-state index contributed by atoms with van der Waals surface area (Å²) in [5.41, 5.74) is 2.17. The van der Waals surface area contributed by atoms with Crippen LogP contribution in [0.2, 0.25) is 0 Å². The molecule has 1 aliphatic rings. The topological polar surface area (TPSA) is 58.9 Å². The first-order valence-corrected chi connectivity index (χ1v) is 7.00. The molecule has 1 aliphatic heterocycles. The third kappa shape index (κ3) is 2.89. The van der Waals surface area contributed by atoms with Crippen LogP contribution in [0.5, 0.6) is 0 Å². The van der Waals surface area contributed by atoms with Gasteiger partial charge < -0.3 is 10.2 Å². The van der Waals surface area contributed by atoms with E-state index >= 15 is 0 Å². The second kappa shape index (κ2) is 5.48. The summed E-state index contributed by atoms with van der Waals surface area (Å²) < 4.78 is 1.84. The molecule has 2 aromatic rings. The summed E-state index contributed by atoms with van der Waals surface area (Å²) in [5.74, 6) is 0.725. The van der Waals surface area contributed by atoms with Crippen LogP contribution in [-0.2, 0) is 7.05 Å². The lowest BCUT2D eigenvalue weighted by Gasteiger charge is -2.33. The van der Waals surface area contributed by atoms with E-state index < -0.39 is 0 Å². The Labute approximate surface area is 118 Å². The van der Waals surface area contributed by atoms with E-state index in [4.69, 9.17) is 0 Å². The number of nitrogens with one attached hydrogen (secondary N) is 1. The van der Waals surface area contributed by atoms with Gasteiger partial charge in [-0.15, -0.1) is 0 Å². The van der Waals surface area contributed by atoms with Crippen LogP contribution in [0.1, 0.15) is 18.5 Å². The third-order valence-corrected chi connectivity index (χ3v) is 3.61. The van der Waals surface area contributed by atoms with Gasteiger partial charge in [0.15, 0.2) is 0 Å². The second-order valence-electron chi connectivity index (χ2n) is 5.32. The number of hydrogen-bond acceptors (Lipinski definition) is 5. The van der Waals surface area contributed by atoms with Crippen molar-refractivity contribution in [1.82, 2.24) is 19.7 Å². The molecule has 3 heterocycles. The number of aromatic nitrogens is 4. The molecule has 1 atom stereocenters. The Morgan fingerprint density at radius 1 is 1.40 bits per heavy atom. The van der Waals surface area contributed by atoms with Gasteiger partial charge in [0.05, 0.1) is 11.9 Å². The first-order valence-electron chi connectivity index (χ1n) is 7.00. The molecule has 1 unspecified atom stereocenters. The smallest absolute Gasteiger partial charge is 0.223 e. The normalized spacial score (nSPS) is 19.1. The van der Waals surface area contributed by atoms with Crippen LogP contribution >= 0.6 is 0 Å². The van der Waals surface area contributed by atoms with Gasteiger partial charge in [0.1, 0.15) is 0 Å². The number of rotatable bonds is 3. The maximum absolute atomic E-state index is 4.41. The summed E-state index contributed by atoms with van der Waals surface area (Å²) in [7, 11) is 1.95. The quantitative estimate of drug-likeness (QED) is 0.919. The molecule has 0 saturated carbocycles. The van der Waals surface area contributed by atoms with Crippen molar-refractivity contribution in [3.8, 4) is 0 Å². The summed E-state index contributed by atoms with van der Waals surface area (Å²) in [5, 5.41) is 7.68. The standard InChI is InChI=1S/C14H20N6/c1-11-5-6-15-14(17-11)18-12-4-3-7-20(9-12)13-8-16-19(2)10-13/h5-6,8,10,12H,3-4,7,9H2,1-2H3,(H,15,17,18). The van der Waals surface area contributed by atoms with Gasteiger partial charge in [-0.25, -0.2) is 9.97 Å². The highest BCUT2D eigenvalue weighted by atomic mass is 15.3. The molecule has 0 bridgehead atoms. The van der Waals surface area contributed by atoms with Crippen molar-refractivity contribution in [1.29, 1.82) is 0 Å². The maximum atomic E-state index is 4.41. The zero-order valence-electron chi connectivity index (χ0n) is 12.0. The van der Waals surface area contributed by atoms with Crippen molar-refractivity contribution < 1.29 is 0 Å². The Hall–Kier alpha value is -2.11. The van der Waals surface area contributed by atoms with Gasteiger partial charge in [0, 0.05) is 44.3 Å². The predicted molar refractivity (Wildman–Crippen MR) is 78.8 cm³/mol. The van der Waals surface area contributed by atoms with Crippen molar-refractivity contribution >= 4 is 11.6 Å². The van der Waals surface area contributed by atoms with Crippen LogP contribution in [0.3, 0.4) is 0 Å². The van der Waals surface area contributed by atoms with Crippen LogP contribution in [0.25, 0.3) is 0 Å². The maximum Gasteiger partial charge on any atom is 0.223 e. The van der Waals surface area contributed by atoms with Gasteiger partial charge in [0.25, 0.3) is 0 Å². The van der Waals surface area contributed by atoms with E-state index in [-0.39, 0.29) is 0 Å². The van der Waals surface area contributed by atoms with E-state index in [9.17, 15) is 0 Å². The summed E-state index contributed by atoms with van der Waals surface area (Å²) in [6.45, 7) is 4.03. The Kier molecular flexibility index (Phi) is 3.54. The number of hydrogen-bond donors (Lipinski definition) is 1. The third-order valence-electron chi connectivity index (χ3n) is 3.61. The Morgan fingerprint density at radius 2 is 2.30 bits per heavy atom. The summed E-state index contributed by atoms with van der Waals surface area (Å²) in [6.07, 6.45) is 8.09. The molecular weight excluding hydrogens is 252 g/mol. The number of piperidine rings is 1. The zero-order chi connectivity index (χ0) is 13.9. The van der Waals surface area contributed by atoms with E-state index in [0.29, 0.717) is 6.04 Å².